The Morgan fingerprint density at radius 3 is 2.57 bits per heavy atom. The number of fused-ring (bicyclic) bond motifs is 1. The molecule has 30 heavy (non-hydrogen) atoms. The van der Waals surface area contributed by atoms with E-state index in [1.54, 1.807) is 0 Å². The molecular formula is C19H21N7O4. The van der Waals surface area contributed by atoms with Crippen LogP contribution in [0.5, 0.6) is 0 Å². The lowest BCUT2D eigenvalue weighted by atomic mass is 9.91. The van der Waals surface area contributed by atoms with E-state index in [1.807, 2.05) is 35.9 Å². The summed E-state index contributed by atoms with van der Waals surface area (Å²) < 4.78 is 1.81. The second kappa shape index (κ2) is 8.64. The molecule has 1 aromatic heterocycles. The van der Waals surface area contributed by atoms with Gasteiger partial charge in [-0.15, -0.1) is 5.10 Å². The predicted octanol–water partition coefficient (Wildman–Crippen LogP) is 4.01. The minimum atomic E-state index is -0.679. The van der Waals surface area contributed by atoms with Crippen molar-refractivity contribution in [3.63, 3.8) is 0 Å². The lowest BCUT2D eigenvalue weighted by Crippen LogP contribution is -2.25. The molecule has 0 bridgehead atoms. The molecule has 0 spiro atoms. The van der Waals surface area contributed by atoms with Gasteiger partial charge in [-0.1, -0.05) is 31.2 Å². The molecule has 1 atom stereocenters. The minimum absolute atomic E-state index is 0.0142. The SMILES string of the molecule is CC(=NNc1ccc([N+](=O)[O-])cc1[N+](=O)[O-])C(Cn1nnc2ccccc21)C(C)C. The summed E-state index contributed by atoms with van der Waals surface area (Å²) in [6.45, 7) is 6.47. The van der Waals surface area contributed by atoms with Gasteiger partial charge in [0.1, 0.15) is 11.2 Å². The Hall–Kier alpha value is -3.89. The van der Waals surface area contributed by atoms with Gasteiger partial charge in [0, 0.05) is 17.7 Å². The predicted molar refractivity (Wildman–Crippen MR) is 112 cm³/mol. The standard InChI is InChI=1S/C19H21N7O4/c1-12(2)15(11-24-18-7-5-4-6-16(18)22-23-24)13(3)20-21-17-9-8-14(25(27)28)10-19(17)26(29)30/h4-10,12,15,21H,11H2,1-3H3. The lowest BCUT2D eigenvalue weighted by Gasteiger charge is -2.21. The molecule has 11 nitrogen and oxygen atoms in total. The van der Waals surface area contributed by atoms with Gasteiger partial charge in [-0.3, -0.25) is 25.7 Å². The normalized spacial score (nSPS) is 12.9. The first kappa shape index (κ1) is 20.8. The molecule has 2 aromatic carbocycles. The average Bonchev–Trinajstić information content (AvgIpc) is 3.12. The molecule has 0 saturated heterocycles. The highest BCUT2D eigenvalue weighted by Crippen LogP contribution is 2.29. The lowest BCUT2D eigenvalue weighted by molar-refractivity contribution is -0.393. The molecular weight excluding hydrogens is 390 g/mol. The summed E-state index contributed by atoms with van der Waals surface area (Å²) >= 11 is 0. The van der Waals surface area contributed by atoms with Crippen molar-refractivity contribution in [2.24, 2.45) is 16.9 Å². The Morgan fingerprint density at radius 1 is 1.17 bits per heavy atom. The van der Waals surface area contributed by atoms with Gasteiger partial charge in [0.15, 0.2) is 0 Å². The first-order valence-electron chi connectivity index (χ1n) is 9.29. The Morgan fingerprint density at radius 2 is 1.90 bits per heavy atom. The number of hydrogen-bond acceptors (Lipinski definition) is 8. The van der Waals surface area contributed by atoms with Crippen LogP contribution in [0.3, 0.4) is 0 Å². The van der Waals surface area contributed by atoms with Gasteiger partial charge in [-0.05, 0) is 31.0 Å². The molecule has 0 radical (unpaired) electrons. The fourth-order valence-electron chi connectivity index (χ4n) is 3.17. The minimum Gasteiger partial charge on any atom is -0.272 e. The van der Waals surface area contributed by atoms with E-state index in [-0.39, 0.29) is 23.2 Å². The van der Waals surface area contributed by atoms with E-state index < -0.39 is 15.5 Å². The van der Waals surface area contributed by atoms with Crippen molar-refractivity contribution in [1.82, 2.24) is 15.0 Å². The topological polar surface area (TPSA) is 141 Å². The number of hydrogen-bond donors (Lipinski definition) is 1. The summed E-state index contributed by atoms with van der Waals surface area (Å²) in [5.74, 6) is 0.199. The van der Waals surface area contributed by atoms with E-state index >= 15 is 0 Å². The van der Waals surface area contributed by atoms with E-state index in [9.17, 15) is 20.2 Å². The Bertz CT molecular complexity index is 1120. The zero-order valence-electron chi connectivity index (χ0n) is 16.7. The largest absolute Gasteiger partial charge is 0.301 e. The van der Waals surface area contributed by atoms with Crippen molar-refractivity contribution in [2.45, 2.75) is 27.3 Å². The van der Waals surface area contributed by atoms with Gasteiger partial charge < -0.3 is 0 Å². The number of non-ortho nitro benzene ring substituents is 1. The van der Waals surface area contributed by atoms with E-state index in [4.69, 9.17) is 0 Å². The highest BCUT2D eigenvalue weighted by molar-refractivity contribution is 5.86. The fourth-order valence-corrected chi connectivity index (χ4v) is 3.17. The number of para-hydroxylation sites is 1. The van der Waals surface area contributed by atoms with Gasteiger partial charge in [0.2, 0.25) is 0 Å². The number of nitrogens with one attached hydrogen (secondary N) is 1. The molecule has 1 heterocycles. The number of aromatic nitrogens is 3. The quantitative estimate of drug-likeness (QED) is 0.335. The number of nitro benzene ring substituents is 2. The van der Waals surface area contributed by atoms with E-state index in [0.29, 0.717) is 6.54 Å². The number of hydrazone groups is 1. The van der Waals surface area contributed by atoms with Crippen LogP contribution in [-0.2, 0) is 6.54 Å². The van der Waals surface area contributed by atoms with Crippen molar-refractivity contribution < 1.29 is 9.85 Å². The Kier molecular flexibility index (Phi) is 6.00. The van der Waals surface area contributed by atoms with Crippen LogP contribution < -0.4 is 5.43 Å². The maximum atomic E-state index is 11.3. The molecule has 156 valence electrons. The molecule has 11 heteroatoms. The van der Waals surface area contributed by atoms with Crippen molar-refractivity contribution in [3.8, 4) is 0 Å². The van der Waals surface area contributed by atoms with Gasteiger partial charge in [0.05, 0.1) is 28.0 Å². The molecule has 0 aliphatic carbocycles. The van der Waals surface area contributed by atoms with Gasteiger partial charge in [-0.2, -0.15) is 5.10 Å². The highest BCUT2D eigenvalue weighted by atomic mass is 16.6. The second-order valence-corrected chi connectivity index (χ2v) is 7.19. The van der Waals surface area contributed by atoms with Gasteiger partial charge in [0.25, 0.3) is 5.69 Å². The smallest absolute Gasteiger partial charge is 0.272 e. The van der Waals surface area contributed by atoms with Crippen molar-refractivity contribution in [3.05, 3.63) is 62.7 Å². The Balaban J connectivity index is 1.85. The summed E-state index contributed by atoms with van der Waals surface area (Å²) in [7, 11) is 0. The van der Waals surface area contributed by atoms with Crippen molar-refractivity contribution in [2.75, 3.05) is 5.43 Å². The third-order valence-corrected chi connectivity index (χ3v) is 4.87. The first-order chi connectivity index (χ1) is 14.3. The summed E-state index contributed by atoms with van der Waals surface area (Å²) in [4.78, 5) is 20.8. The number of benzene rings is 2. The van der Waals surface area contributed by atoms with Crippen LogP contribution in [0.4, 0.5) is 17.1 Å². The molecule has 0 saturated carbocycles. The highest BCUT2D eigenvalue weighted by Gasteiger charge is 2.22. The summed E-state index contributed by atoms with van der Waals surface area (Å²) in [6.07, 6.45) is 0. The first-order valence-corrected chi connectivity index (χ1v) is 9.29. The number of nitrogens with zero attached hydrogens (tertiary/aromatic N) is 6. The zero-order chi connectivity index (χ0) is 21.8. The van der Waals surface area contributed by atoms with Crippen LogP contribution in [0.15, 0.2) is 47.6 Å². The zero-order valence-corrected chi connectivity index (χ0v) is 16.7. The van der Waals surface area contributed by atoms with Crippen molar-refractivity contribution >= 4 is 33.8 Å². The molecule has 1 N–H and O–H groups in total. The summed E-state index contributed by atoms with van der Waals surface area (Å²) in [5.41, 5.74) is 4.44. The third kappa shape index (κ3) is 4.40. The number of nitro groups is 2. The molecule has 0 aliphatic rings. The van der Waals surface area contributed by atoms with Crippen LogP contribution in [0.1, 0.15) is 20.8 Å². The van der Waals surface area contributed by atoms with Crippen molar-refractivity contribution in [1.29, 1.82) is 0 Å². The van der Waals surface area contributed by atoms with Crippen LogP contribution >= 0.6 is 0 Å². The molecule has 1 unspecified atom stereocenters. The van der Waals surface area contributed by atoms with E-state index in [1.165, 1.54) is 12.1 Å². The molecule has 0 amide bonds. The summed E-state index contributed by atoms with van der Waals surface area (Å²) in [5, 5.41) is 34.9. The van der Waals surface area contributed by atoms with E-state index in [2.05, 4.69) is 34.7 Å². The van der Waals surface area contributed by atoms with E-state index in [0.717, 1.165) is 22.8 Å². The summed E-state index contributed by atoms with van der Waals surface area (Å²) in [6, 6.07) is 11.0. The monoisotopic (exact) mass is 411 g/mol. The maximum Gasteiger partial charge on any atom is 0.301 e. The average molecular weight is 411 g/mol. The van der Waals surface area contributed by atoms with Crippen LogP contribution in [0.2, 0.25) is 0 Å². The molecule has 0 fully saturated rings. The van der Waals surface area contributed by atoms with Gasteiger partial charge in [-0.25, -0.2) is 4.68 Å². The van der Waals surface area contributed by atoms with Crippen LogP contribution in [0.25, 0.3) is 11.0 Å². The number of anilines is 1. The Labute approximate surface area is 171 Å². The number of rotatable bonds is 8. The third-order valence-electron chi connectivity index (χ3n) is 4.87. The fraction of sp³-hybridized carbons (Fsp3) is 0.316. The molecule has 0 aliphatic heterocycles. The molecule has 3 rings (SSSR count). The molecule has 3 aromatic rings. The maximum absolute atomic E-state index is 11.3. The second-order valence-electron chi connectivity index (χ2n) is 7.19. The van der Waals surface area contributed by atoms with Gasteiger partial charge >= 0.3 is 5.69 Å². The van der Waals surface area contributed by atoms with Crippen LogP contribution in [-0.4, -0.2) is 30.6 Å². The van der Waals surface area contributed by atoms with Crippen LogP contribution in [0, 0.1) is 32.1 Å².